The molecule has 1 heterocycles. The topological polar surface area (TPSA) is 77.9 Å². The van der Waals surface area contributed by atoms with E-state index in [9.17, 15) is 14.4 Å². The number of aliphatic carboxylic acids is 1. The number of rotatable bonds is 6. The van der Waals surface area contributed by atoms with Crippen molar-refractivity contribution in [2.24, 2.45) is 5.92 Å². The Kier molecular flexibility index (Phi) is 5.20. The zero-order valence-electron chi connectivity index (χ0n) is 12.6. The van der Waals surface area contributed by atoms with Gasteiger partial charge in [0.2, 0.25) is 11.8 Å². The molecule has 118 valence electrons. The van der Waals surface area contributed by atoms with Crippen LogP contribution < -0.4 is 0 Å². The summed E-state index contributed by atoms with van der Waals surface area (Å²) in [5.74, 6) is -1.52. The Balaban J connectivity index is 1.98. The van der Waals surface area contributed by atoms with E-state index in [4.69, 9.17) is 5.11 Å². The first-order valence-corrected chi connectivity index (χ1v) is 7.83. The summed E-state index contributed by atoms with van der Waals surface area (Å²) in [4.78, 5) is 38.7. The second-order valence-corrected chi connectivity index (χ2v) is 6.04. The van der Waals surface area contributed by atoms with Gasteiger partial charge in [0.05, 0.1) is 5.92 Å². The molecule has 2 fully saturated rings. The summed E-state index contributed by atoms with van der Waals surface area (Å²) >= 11 is 0. The van der Waals surface area contributed by atoms with Gasteiger partial charge in [-0.05, 0) is 19.3 Å². The van der Waals surface area contributed by atoms with Crippen LogP contribution in [0.1, 0.15) is 45.4 Å². The average molecular weight is 296 g/mol. The predicted octanol–water partition coefficient (Wildman–Crippen LogP) is 1.10. The number of carboxylic acids is 1. The number of likely N-dealkylation sites (tertiary alicyclic amines) is 1. The quantitative estimate of drug-likeness (QED) is 0.796. The molecule has 6 nitrogen and oxygen atoms in total. The minimum absolute atomic E-state index is 0.0482. The molecule has 1 aliphatic carbocycles. The summed E-state index contributed by atoms with van der Waals surface area (Å²) in [7, 11) is 0. The molecule has 1 N–H and O–H groups in total. The van der Waals surface area contributed by atoms with Crippen molar-refractivity contribution in [2.75, 3.05) is 19.6 Å². The Hall–Kier alpha value is -1.59. The minimum Gasteiger partial charge on any atom is -0.480 e. The van der Waals surface area contributed by atoms with Gasteiger partial charge in [-0.3, -0.25) is 14.4 Å². The standard InChI is InChI=1S/C15H24N2O4/c1-2-7-16(10-14(19)20)15(21)11-8-13(18)17(9-11)12-5-3-4-6-12/h11-12H,2-10H2,1H3,(H,19,20). The molecule has 1 atom stereocenters. The number of hydrogen-bond donors (Lipinski definition) is 1. The zero-order valence-corrected chi connectivity index (χ0v) is 12.6. The maximum Gasteiger partial charge on any atom is 0.323 e. The van der Waals surface area contributed by atoms with Gasteiger partial charge in [0, 0.05) is 25.6 Å². The number of carbonyl (C=O) groups is 3. The van der Waals surface area contributed by atoms with Crippen LogP contribution in [-0.4, -0.2) is 58.4 Å². The maximum atomic E-state index is 12.5. The summed E-state index contributed by atoms with van der Waals surface area (Å²) in [5, 5.41) is 8.91. The number of amides is 2. The lowest BCUT2D eigenvalue weighted by atomic mass is 10.1. The zero-order chi connectivity index (χ0) is 15.4. The van der Waals surface area contributed by atoms with Crippen LogP contribution in [-0.2, 0) is 14.4 Å². The molecule has 21 heavy (non-hydrogen) atoms. The Morgan fingerprint density at radius 2 is 2.00 bits per heavy atom. The molecule has 6 heteroatoms. The molecule has 1 saturated carbocycles. The van der Waals surface area contributed by atoms with Crippen molar-refractivity contribution in [3.8, 4) is 0 Å². The number of nitrogens with zero attached hydrogens (tertiary/aromatic N) is 2. The van der Waals surface area contributed by atoms with E-state index < -0.39 is 5.97 Å². The highest BCUT2D eigenvalue weighted by Gasteiger charge is 2.40. The highest BCUT2D eigenvalue weighted by Crippen LogP contribution is 2.30. The summed E-state index contributed by atoms with van der Waals surface area (Å²) in [6, 6.07) is 0.286. The summed E-state index contributed by atoms with van der Waals surface area (Å²) in [5.41, 5.74) is 0. The molecule has 2 rings (SSSR count). The summed E-state index contributed by atoms with van der Waals surface area (Å²) < 4.78 is 0. The Morgan fingerprint density at radius 3 is 2.57 bits per heavy atom. The van der Waals surface area contributed by atoms with E-state index in [0.717, 1.165) is 25.7 Å². The van der Waals surface area contributed by atoms with Gasteiger partial charge in [0.1, 0.15) is 6.54 Å². The average Bonchev–Trinajstić information content (AvgIpc) is 3.05. The van der Waals surface area contributed by atoms with Crippen molar-refractivity contribution in [1.29, 1.82) is 0 Å². The Morgan fingerprint density at radius 1 is 1.33 bits per heavy atom. The predicted molar refractivity (Wildman–Crippen MR) is 76.6 cm³/mol. The third kappa shape index (κ3) is 3.74. The van der Waals surface area contributed by atoms with Gasteiger partial charge in [-0.15, -0.1) is 0 Å². The van der Waals surface area contributed by atoms with Crippen LogP contribution >= 0.6 is 0 Å². The van der Waals surface area contributed by atoms with Gasteiger partial charge >= 0.3 is 5.97 Å². The Bertz CT molecular complexity index is 418. The van der Waals surface area contributed by atoms with Crippen LogP contribution in [0.2, 0.25) is 0 Å². The smallest absolute Gasteiger partial charge is 0.323 e. The Labute approximate surface area is 125 Å². The molecule has 0 aromatic heterocycles. The SMILES string of the molecule is CCCN(CC(=O)O)C(=O)C1CC(=O)N(C2CCCC2)C1. The molecule has 0 aromatic carbocycles. The van der Waals surface area contributed by atoms with Gasteiger partial charge in [-0.2, -0.15) is 0 Å². The number of carbonyl (C=O) groups excluding carboxylic acids is 2. The van der Waals surface area contributed by atoms with Crippen LogP contribution in [0, 0.1) is 5.92 Å². The molecular formula is C15H24N2O4. The first kappa shape index (κ1) is 15.8. The molecule has 0 aromatic rings. The first-order valence-electron chi connectivity index (χ1n) is 7.83. The van der Waals surface area contributed by atoms with Crippen LogP contribution in [0.4, 0.5) is 0 Å². The van der Waals surface area contributed by atoms with E-state index in [0.29, 0.717) is 19.5 Å². The third-order valence-corrected chi connectivity index (χ3v) is 4.40. The highest BCUT2D eigenvalue weighted by atomic mass is 16.4. The van der Waals surface area contributed by atoms with E-state index in [-0.39, 0.29) is 36.7 Å². The van der Waals surface area contributed by atoms with Gasteiger partial charge in [-0.25, -0.2) is 0 Å². The molecule has 0 spiro atoms. The number of hydrogen-bond acceptors (Lipinski definition) is 3. The molecule has 2 amide bonds. The highest BCUT2D eigenvalue weighted by molar-refractivity contribution is 5.90. The van der Waals surface area contributed by atoms with Gasteiger partial charge in [0.25, 0.3) is 0 Å². The molecule has 1 unspecified atom stereocenters. The lowest BCUT2D eigenvalue weighted by molar-refractivity contribution is -0.146. The van der Waals surface area contributed by atoms with Crippen molar-refractivity contribution < 1.29 is 19.5 Å². The molecular weight excluding hydrogens is 272 g/mol. The van der Waals surface area contributed by atoms with Gasteiger partial charge < -0.3 is 14.9 Å². The van der Waals surface area contributed by atoms with Crippen molar-refractivity contribution in [3.63, 3.8) is 0 Å². The van der Waals surface area contributed by atoms with E-state index in [2.05, 4.69) is 0 Å². The lowest BCUT2D eigenvalue weighted by Gasteiger charge is -2.26. The molecule has 2 aliphatic rings. The van der Waals surface area contributed by atoms with Crippen molar-refractivity contribution >= 4 is 17.8 Å². The normalized spacial score (nSPS) is 22.8. The second kappa shape index (κ2) is 6.91. The number of carboxylic acid groups (broad SMARTS) is 1. The lowest BCUT2D eigenvalue weighted by Crippen LogP contribution is -2.41. The fourth-order valence-corrected chi connectivity index (χ4v) is 3.42. The molecule has 1 saturated heterocycles. The maximum absolute atomic E-state index is 12.5. The molecule has 1 aliphatic heterocycles. The van der Waals surface area contributed by atoms with E-state index >= 15 is 0 Å². The van der Waals surface area contributed by atoms with Crippen LogP contribution in [0.3, 0.4) is 0 Å². The fraction of sp³-hybridized carbons (Fsp3) is 0.800. The van der Waals surface area contributed by atoms with E-state index in [1.54, 1.807) is 0 Å². The van der Waals surface area contributed by atoms with Crippen LogP contribution in [0.15, 0.2) is 0 Å². The monoisotopic (exact) mass is 296 g/mol. The summed E-state index contributed by atoms with van der Waals surface area (Å²) in [6.07, 6.45) is 5.30. The van der Waals surface area contributed by atoms with Crippen LogP contribution in [0.25, 0.3) is 0 Å². The second-order valence-electron chi connectivity index (χ2n) is 6.04. The third-order valence-electron chi connectivity index (χ3n) is 4.40. The summed E-state index contributed by atoms with van der Waals surface area (Å²) in [6.45, 7) is 2.52. The van der Waals surface area contributed by atoms with E-state index in [1.165, 1.54) is 4.90 Å². The molecule has 0 radical (unpaired) electrons. The van der Waals surface area contributed by atoms with Gasteiger partial charge in [-0.1, -0.05) is 19.8 Å². The van der Waals surface area contributed by atoms with Gasteiger partial charge in [0.15, 0.2) is 0 Å². The van der Waals surface area contributed by atoms with Crippen molar-refractivity contribution in [3.05, 3.63) is 0 Å². The molecule has 0 bridgehead atoms. The largest absolute Gasteiger partial charge is 0.480 e. The van der Waals surface area contributed by atoms with Crippen molar-refractivity contribution in [1.82, 2.24) is 9.80 Å². The van der Waals surface area contributed by atoms with E-state index in [1.807, 2.05) is 11.8 Å². The first-order chi connectivity index (χ1) is 10.0. The van der Waals surface area contributed by atoms with Crippen LogP contribution in [0.5, 0.6) is 0 Å². The fourth-order valence-electron chi connectivity index (χ4n) is 3.42. The minimum atomic E-state index is -1.01. The van der Waals surface area contributed by atoms with Crippen molar-refractivity contribution in [2.45, 2.75) is 51.5 Å².